The van der Waals surface area contributed by atoms with Crippen molar-refractivity contribution in [1.82, 2.24) is 16.1 Å². The van der Waals surface area contributed by atoms with Gasteiger partial charge in [0.25, 0.3) is 0 Å². The van der Waals surface area contributed by atoms with Crippen LogP contribution in [-0.4, -0.2) is 63.0 Å². The topological polar surface area (TPSA) is 143 Å². The summed E-state index contributed by atoms with van der Waals surface area (Å²) in [6.45, 7) is 9.62. The Morgan fingerprint density at radius 1 is 1.02 bits per heavy atom. The zero-order valence-corrected chi connectivity index (χ0v) is 29.5. The first kappa shape index (κ1) is 37.2. The number of amides is 2. The lowest BCUT2D eigenvalue weighted by Gasteiger charge is -2.28. The van der Waals surface area contributed by atoms with E-state index in [1.54, 1.807) is 43.5 Å². The molecule has 0 aliphatic carbocycles. The first-order valence-electron chi connectivity index (χ1n) is 15.8. The normalized spacial score (nSPS) is 14.9. The molecule has 3 aromatic rings. The van der Waals surface area contributed by atoms with E-state index in [0.717, 1.165) is 24.3 Å². The summed E-state index contributed by atoms with van der Waals surface area (Å²) < 4.78 is 22.8. The maximum atomic E-state index is 12.5. The number of rotatable bonds is 16. The minimum absolute atomic E-state index is 0.174. The van der Waals surface area contributed by atoms with Crippen molar-refractivity contribution in [3.8, 4) is 17.2 Å². The molecule has 1 aliphatic rings. The number of nitrogens with zero attached hydrogens (tertiary/aromatic N) is 2. The molecule has 0 radical (unpaired) electrons. The van der Waals surface area contributed by atoms with Crippen LogP contribution in [0.5, 0.6) is 17.2 Å². The van der Waals surface area contributed by atoms with Crippen molar-refractivity contribution in [3.05, 3.63) is 92.6 Å². The standard InChI is InChI=1S/C35H41Cl2N5O7/c1-6-42(7-2)26-13-10-23(29(17-26)48-19-24-9-12-25(36)16-27(24)37)18-38-41-31(43)20-49-28-14-11-22(15-30(28)47-8-3)33-32(34(44)46-5)21(4)39-35(45)40-33/h9-18,31,33,41,43H,6-8,19-20H2,1-5H3,(H2,39,40,45)/b38-18+/t31-,33-/m1/s1. The number of carbonyl (C=O) groups excluding carboxylic acids is 2. The second-order valence-corrected chi connectivity index (χ2v) is 11.7. The summed E-state index contributed by atoms with van der Waals surface area (Å²) in [6, 6.07) is 14.8. The summed E-state index contributed by atoms with van der Waals surface area (Å²) in [6.07, 6.45) is 0.369. The highest BCUT2D eigenvalue weighted by molar-refractivity contribution is 6.35. The molecule has 1 aliphatic heterocycles. The summed E-state index contributed by atoms with van der Waals surface area (Å²) in [5.74, 6) is 0.715. The van der Waals surface area contributed by atoms with E-state index in [0.29, 0.717) is 50.7 Å². The number of esters is 1. The van der Waals surface area contributed by atoms with Crippen molar-refractivity contribution in [2.75, 3.05) is 38.3 Å². The summed E-state index contributed by atoms with van der Waals surface area (Å²) in [4.78, 5) is 26.9. The molecule has 49 heavy (non-hydrogen) atoms. The van der Waals surface area contributed by atoms with Crippen molar-refractivity contribution >= 4 is 47.1 Å². The van der Waals surface area contributed by atoms with E-state index in [-0.39, 0.29) is 18.8 Å². The van der Waals surface area contributed by atoms with E-state index in [1.807, 2.05) is 31.2 Å². The fraction of sp³-hybridized carbons (Fsp3) is 0.343. The molecule has 0 bridgehead atoms. The predicted molar refractivity (Wildman–Crippen MR) is 190 cm³/mol. The molecule has 0 saturated heterocycles. The highest BCUT2D eigenvalue weighted by atomic mass is 35.5. The zero-order chi connectivity index (χ0) is 35.5. The highest BCUT2D eigenvalue weighted by Crippen LogP contribution is 2.35. The van der Waals surface area contributed by atoms with Gasteiger partial charge in [-0.2, -0.15) is 5.10 Å². The van der Waals surface area contributed by atoms with Crippen LogP contribution in [0.3, 0.4) is 0 Å². The Morgan fingerprint density at radius 3 is 2.49 bits per heavy atom. The largest absolute Gasteiger partial charge is 0.490 e. The summed E-state index contributed by atoms with van der Waals surface area (Å²) in [5.41, 5.74) is 6.36. The Kier molecular flexibility index (Phi) is 13.4. The molecule has 0 fully saturated rings. The average Bonchev–Trinajstić information content (AvgIpc) is 3.08. The van der Waals surface area contributed by atoms with E-state index in [9.17, 15) is 14.7 Å². The second-order valence-electron chi connectivity index (χ2n) is 10.8. The molecule has 2 amide bonds. The Bertz CT molecular complexity index is 1700. The quantitative estimate of drug-likeness (QED) is 0.0614. The Balaban J connectivity index is 1.45. The smallest absolute Gasteiger partial charge is 0.337 e. The van der Waals surface area contributed by atoms with E-state index >= 15 is 0 Å². The van der Waals surface area contributed by atoms with Crippen LogP contribution >= 0.6 is 23.2 Å². The van der Waals surface area contributed by atoms with Crippen molar-refractivity contribution in [2.24, 2.45) is 5.10 Å². The lowest BCUT2D eigenvalue weighted by atomic mass is 9.95. The van der Waals surface area contributed by atoms with Crippen molar-refractivity contribution in [3.63, 3.8) is 0 Å². The van der Waals surface area contributed by atoms with Crippen LogP contribution in [0, 0.1) is 0 Å². The molecule has 0 aromatic heterocycles. The fourth-order valence-corrected chi connectivity index (χ4v) is 5.61. The minimum Gasteiger partial charge on any atom is -0.490 e. The van der Waals surface area contributed by atoms with Gasteiger partial charge in [-0.05, 0) is 69.7 Å². The highest BCUT2D eigenvalue weighted by Gasteiger charge is 2.32. The van der Waals surface area contributed by atoms with Gasteiger partial charge < -0.3 is 39.6 Å². The Labute approximate surface area is 296 Å². The molecule has 2 atom stereocenters. The van der Waals surface area contributed by atoms with E-state index in [1.165, 1.54) is 7.11 Å². The molecule has 0 unspecified atom stereocenters. The average molecular weight is 715 g/mol. The molecular formula is C35H41Cl2N5O7. The first-order valence-corrected chi connectivity index (χ1v) is 16.5. The van der Waals surface area contributed by atoms with Gasteiger partial charge in [0, 0.05) is 51.7 Å². The number of anilines is 1. The summed E-state index contributed by atoms with van der Waals surface area (Å²) in [5, 5.41) is 21.3. The number of carbonyl (C=O) groups is 2. The zero-order valence-electron chi connectivity index (χ0n) is 28.0. The van der Waals surface area contributed by atoms with Gasteiger partial charge in [0.05, 0.1) is 31.5 Å². The van der Waals surface area contributed by atoms with Crippen molar-refractivity contribution < 1.29 is 33.6 Å². The maximum Gasteiger partial charge on any atom is 0.337 e. The number of halogens is 2. The number of benzene rings is 3. The number of methoxy groups -OCH3 is 1. The molecular weight excluding hydrogens is 673 g/mol. The molecule has 3 aromatic carbocycles. The molecule has 4 N–H and O–H groups in total. The molecule has 0 spiro atoms. The fourth-order valence-electron chi connectivity index (χ4n) is 5.15. The van der Waals surface area contributed by atoms with Crippen LogP contribution in [0.4, 0.5) is 10.5 Å². The molecule has 262 valence electrons. The lowest BCUT2D eigenvalue weighted by molar-refractivity contribution is -0.136. The monoisotopic (exact) mass is 713 g/mol. The Morgan fingerprint density at radius 2 is 1.80 bits per heavy atom. The minimum atomic E-state index is -1.18. The first-order chi connectivity index (χ1) is 23.6. The number of urea groups is 1. The van der Waals surface area contributed by atoms with Gasteiger partial charge in [-0.15, -0.1) is 0 Å². The van der Waals surface area contributed by atoms with Crippen LogP contribution in [0.1, 0.15) is 50.4 Å². The number of hydrogen-bond donors (Lipinski definition) is 4. The SMILES string of the molecule is CCOc1cc([C@H]2NC(=O)NC(C)=C2C(=O)OC)ccc1OC[C@@H](O)N/N=C/c1ccc(N(CC)CC)cc1OCc1ccc(Cl)cc1Cl. The number of aliphatic hydroxyl groups excluding tert-OH is 1. The number of ether oxygens (including phenoxy) is 4. The van der Waals surface area contributed by atoms with E-state index < -0.39 is 24.3 Å². The molecule has 0 saturated carbocycles. The number of allylic oxidation sites excluding steroid dienone is 1. The lowest BCUT2D eigenvalue weighted by Crippen LogP contribution is -2.45. The molecule has 12 nitrogen and oxygen atoms in total. The number of aliphatic hydroxyl groups is 1. The predicted octanol–water partition coefficient (Wildman–Crippen LogP) is 5.94. The molecule has 14 heteroatoms. The van der Waals surface area contributed by atoms with Gasteiger partial charge in [0.1, 0.15) is 19.0 Å². The third-order valence-electron chi connectivity index (χ3n) is 7.62. The van der Waals surface area contributed by atoms with Gasteiger partial charge in [0.2, 0.25) is 0 Å². The second kappa shape index (κ2) is 17.7. The third kappa shape index (κ3) is 9.71. The Hall–Kier alpha value is -4.65. The summed E-state index contributed by atoms with van der Waals surface area (Å²) in [7, 11) is 1.27. The van der Waals surface area contributed by atoms with Gasteiger partial charge in [-0.1, -0.05) is 35.3 Å². The van der Waals surface area contributed by atoms with Crippen molar-refractivity contribution in [2.45, 2.75) is 46.6 Å². The van der Waals surface area contributed by atoms with Gasteiger partial charge in [-0.3, -0.25) is 5.43 Å². The third-order valence-corrected chi connectivity index (χ3v) is 8.21. The van der Waals surface area contributed by atoms with Crippen LogP contribution in [0.25, 0.3) is 0 Å². The van der Waals surface area contributed by atoms with E-state index in [4.69, 9.17) is 42.1 Å². The number of hydrogen-bond acceptors (Lipinski definition) is 10. The maximum absolute atomic E-state index is 12.5. The van der Waals surface area contributed by atoms with Crippen LogP contribution in [0.2, 0.25) is 10.0 Å². The van der Waals surface area contributed by atoms with Crippen molar-refractivity contribution in [1.29, 1.82) is 0 Å². The number of nitrogens with one attached hydrogen (secondary N) is 3. The van der Waals surface area contributed by atoms with Gasteiger partial charge in [-0.25, -0.2) is 9.59 Å². The van der Waals surface area contributed by atoms with Crippen LogP contribution in [0.15, 0.2) is 71.0 Å². The van der Waals surface area contributed by atoms with Gasteiger partial charge >= 0.3 is 12.0 Å². The van der Waals surface area contributed by atoms with Gasteiger partial charge in [0.15, 0.2) is 17.7 Å². The molecule has 1 heterocycles. The van der Waals surface area contributed by atoms with Crippen LogP contribution < -0.4 is 35.2 Å². The van der Waals surface area contributed by atoms with E-state index in [2.05, 4.69) is 39.9 Å². The summed E-state index contributed by atoms with van der Waals surface area (Å²) >= 11 is 12.4. The molecule has 4 rings (SSSR count). The number of hydrazone groups is 1. The van der Waals surface area contributed by atoms with Crippen LogP contribution in [-0.2, 0) is 16.1 Å².